The molecule has 2 N–H and O–H groups in total. The number of hydrogen-bond acceptors (Lipinski definition) is 4. The first-order valence-corrected chi connectivity index (χ1v) is 7.43. The van der Waals surface area contributed by atoms with Gasteiger partial charge in [0.1, 0.15) is 11.9 Å². The molecule has 0 amide bonds. The molecule has 112 valence electrons. The zero-order valence-electron chi connectivity index (χ0n) is 12.2. The predicted molar refractivity (Wildman–Crippen MR) is 89.2 cm³/mol. The van der Waals surface area contributed by atoms with Crippen molar-refractivity contribution in [1.82, 2.24) is 9.97 Å². The molecule has 3 aromatic rings. The number of nitrogens with zero attached hydrogens (tertiary/aromatic N) is 2. The van der Waals surface area contributed by atoms with Crippen molar-refractivity contribution in [3.8, 4) is 5.75 Å². The molecule has 4 nitrogen and oxygen atoms in total. The highest BCUT2D eigenvalue weighted by Gasteiger charge is 2.11. The molecule has 0 radical (unpaired) electrons. The highest BCUT2D eigenvalue weighted by Crippen LogP contribution is 2.21. The maximum absolute atomic E-state index is 5.90. The van der Waals surface area contributed by atoms with Crippen LogP contribution < -0.4 is 10.5 Å². The molecule has 0 aliphatic rings. The van der Waals surface area contributed by atoms with Gasteiger partial charge in [0, 0.05) is 16.8 Å². The van der Waals surface area contributed by atoms with Gasteiger partial charge in [-0.05, 0) is 37.3 Å². The third-order valence-electron chi connectivity index (χ3n) is 3.33. The second-order valence-electron chi connectivity index (χ2n) is 5.13. The highest BCUT2D eigenvalue weighted by molar-refractivity contribution is 6.30. The van der Waals surface area contributed by atoms with Crippen molar-refractivity contribution in [2.75, 3.05) is 5.73 Å². The summed E-state index contributed by atoms with van der Waals surface area (Å²) in [5, 5.41) is 1.69. The molecule has 3 rings (SSSR count). The van der Waals surface area contributed by atoms with Crippen molar-refractivity contribution in [2.45, 2.75) is 19.4 Å². The molecule has 1 aromatic heterocycles. The van der Waals surface area contributed by atoms with Crippen LogP contribution in [0.4, 0.5) is 5.95 Å². The summed E-state index contributed by atoms with van der Waals surface area (Å²) in [6, 6.07) is 15.2. The zero-order chi connectivity index (χ0) is 15.5. The maximum atomic E-state index is 5.90. The fraction of sp³-hybridized carbons (Fsp3) is 0.176. The number of ether oxygens (including phenoxy) is 1. The Bertz CT molecular complexity index is 790. The molecule has 0 spiro atoms. The van der Waals surface area contributed by atoms with Crippen LogP contribution in [0.25, 0.3) is 10.9 Å². The van der Waals surface area contributed by atoms with Crippen molar-refractivity contribution >= 4 is 28.5 Å². The van der Waals surface area contributed by atoms with Crippen LogP contribution in [-0.4, -0.2) is 16.1 Å². The lowest BCUT2D eigenvalue weighted by Gasteiger charge is -2.15. The van der Waals surface area contributed by atoms with Crippen LogP contribution in [0.15, 0.2) is 48.5 Å². The number of halogens is 1. The van der Waals surface area contributed by atoms with E-state index in [0.717, 1.165) is 22.3 Å². The van der Waals surface area contributed by atoms with Gasteiger partial charge in [-0.2, -0.15) is 0 Å². The average Bonchev–Trinajstić information content (AvgIpc) is 2.49. The number of benzene rings is 2. The van der Waals surface area contributed by atoms with Crippen molar-refractivity contribution in [1.29, 1.82) is 0 Å². The first-order valence-electron chi connectivity index (χ1n) is 7.05. The SMILES string of the molecule is CC(Cc1nc(N)nc2ccccc12)Oc1ccc(Cl)cc1. The Morgan fingerprint density at radius 3 is 2.59 bits per heavy atom. The number of hydrogen-bond donors (Lipinski definition) is 1. The van der Waals surface area contributed by atoms with Crippen molar-refractivity contribution in [2.24, 2.45) is 0 Å². The summed E-state index contributed by atoms with van der Waals surface area (Å²) in [4.78, 5) is 8.61. The van der Waals surface area contributed by atoms with Gasteiger partial charge in [-0.15, -0.1) is 0 Å². The molecule has 1 unspecified atom stereocenters. The number of para-hydroxylation sites is 1. The number of anilines is 1. The van der Waals surface area contributed by atoms with E-state index in [2.05, 4.69) is 9.97 Å². The lowest BCUT2D eigenvalue weighted by Crippen LogP contribution is -2.16. The fourth-order valence-electron chi connectivity index (χ4n) is 2.38. The third kappa shape index (κ3) is 3.28. The number of nitrogen functional groups attached to an aromatic ring is 1. The summed E-state index contributed by atoms with van der Waals surface area (Å²) in [6.45, 7) is 2.00. The normalized spacial score (nSPS) is 12.3. The fourth-order valence-corrected chi connectivity index (χ4v) is 2.50. The lowest BCUT2D eigenvalue weighted by atomic mass is 10.1. The first-order chi connectivity index (χ1) is 10.6. The summed E-state index contributed by atoms with van der Waals surface area (Å²) in [5.74, 6) is 1.07. The Balaban J connectivity index is 1.81. The Morgan fingerprint density at radius 1 is 1.09 bits per heavy atom. The third-order valence-corrected chi connectivity index (χ3v) is 3.58. The summed E-state index contributed by atoms with van der Waals surface area (Å²) in [7, 11) is 0. The second kappa shape index (κ2) is 6.20. The Kier molecular flexibility index (Phi) is 4.11. The van der Waals surface area contributed by atoms with E-state index in [-0.39, 0.29) is 12.1 Å². The van der Waals surface area contributed by atoms with Crippen LogP contribution in [0.3, 0.4) is 0 Å². The Hall–Kier alpha value is -2.33. The monoisotopic (exact) mass is 313 g/mol. The van der Waals surface area contributed by atoms with E-state index in [9.17, 15) is 0 Å². The standard InChI is InChI=1S/C17H16ClN3O/c1-11(22-13-8-6-12(18)7-9-13)10-16-14-4-2-3-5-15(14)20-17(19)21-16/h2-9,11H,10H2,1H3,(H2,19,20,21). The molecule has 0 bridgehead atoms. The van der Waals surface area contributed by atoms with E-state index in [1.165, 1.54) is 0 Å². The van der Waals surface area contributed by atoms with E-state index in [0.29, 0.717) is 11.4 Å². The molecule has 1 heterocycles. The lowest BCUT2D eigenvalue weighted by molar-refractivity contribution is 0.221. The largest absolute Gasteiger partial charge is 0.490 e. The van der Waals surface area contributed by atoms with Gasteiger partial charge in [-0.1, -0.05) is 29.8 Å². The molecule has 2 aromatic carbocycles. The molecule has 0 aliphatic carbocycles. The van der Waals surface area contributed by atoms with Crippen LogP contribution in [0.5, 0.6) is 5.75 Å². The molecule has 0 fully saturated rings. The minimum absolute atomic E-state index is 0.0427. The maximum Gasteiger partial charge on any atom is 0.220 e. The van der Waals surface area contributed by atoms with Crippen LogP contribution in [-0.2, 0) is 6.42 Å². The van der Waals surface area contributed by atoms with E-state index < -0.39 is 0 Å². The zero-order valence-corrected chi connectivity index (χ0v) is 12.9. The summed E-state index contributed by atoms with van der Waals surface area (Å²) in [6.07, 6.45) is 0.606. The molecule has 1 atom stereocenters. The topological polar surface area (TPSA) is 61.0 Å². The Morgan fingerprint density at radius 2 is 1.82 bits per heavy atom. The molecule has 0 saturated heterocycles. The van der Waals surface area contributed by atoms with Gasteiger partial charge in [-0.3, -0.25) is 0 Å². The average molecular weight is 314 g/mol. The van der Waals surface area contributed by atoms with Crippen LogP contribution >= 0.6 is 11.6 Å². The molecule has 0 saturated carbocycles. The van der Waals surface area contributed by atoms with Crippen molar-refractivity contribution in [3.05, 3.63) is 59.2 Å². The van der Waals surface area contributed by atoms with E-state index in [1.54, 1.807) is 0 Å². The number of fused-ring (bicyclic) bond motifs is 1. The van der Waals surface area contributed by atoms with Gasteiger partial charge in [0.05, 0.1) is 11.2 Å². The van der Waals surface area contributed by atoms with Gasteiger partial charge in [-0.25, -0.2) is 9.97 Å². The Labute approximate surface area is 133 Å². The van der Waals surface area contributed by atoms with Gasteiger partial charge >= 0.3 is 0 Å². The second-order valence-corrected chi connectivity index (χ2v) is 5.57. The van der Waals surface area contributed by atoms with Crippen molar-refractivity contribution in [3.63, 3.8) is 0 Å². The molecule has 0 aliphatic heterocycles. The molecule has 5 heteroatoms. The first kappa shape index (κ1) is 14.6. The van der Waals surface area contributed by atoms with Crippen molar-refractivity contribution < 1.29 is 4.74 Å². The van der Waals surface area contributed by atoms with Crippen LogP contribution in [0.2, 0.25) is 5.02 Å². The van der Waals surface area contributed by atoms with Crippen LogP contribution in [0, 0.1) is 0 Å². The summed E-state index contributed by atoms with van der Waals surface area (Å²) in [5.41, 5.74) is 7.54. The number of rotatable bonds is 4. The summed E-state index contributed by atoms with van der Waals surface area (Å²) < 4.78 is 5.90. The highest BCUT2D eigenvalue weighted by atomic mass is 35.5. The number of aromatic nitrogens is 2. The van der Waals surface area contributed by atoms with Gasteiger partial charge < -0.3 is 10.5 Å². The molecule has 22 heavy (non-hydrogen) atoms. The predicted octanol–water partition coefficient (Wildman–Crippen LogP) is 3.88. The number of nitrogens with two attached hydrogens (primary N) is 1. The minimum atomic E-state index is -0.0427. The summed E-state index contributed by atoms with van der Waals surface area (Å²) >= 11 is 5.87. The van der Waals surface area contributed by atoms with E-state index in [1.807, 2.05) is 55.5 Å². The quantitative estimate of drug-likeness (QED) is 0.794. The van der Waals surface area contributed by atoms with E-state index in [4.69, 9.17) is 22.1 Å². The molecular formula is C17H16ClN3O. The smallest absolute Gasteiger partial charge is 0.220 e. The van der Waals surface area contributed by atoms with Gasteiger partial charge in [0.15, 0.2) is 0 Å². The van der Waals surface area contributed by atoms with Gasteiger partial charge in [0.2, 0.25) is 5.95 Å². The van der Waals surface area contributed by atoms with E-state index >= 15 is 0 Å². The molecular weight excluding hydrogens is 298 g/mol. The minimum Gasteiger partial charge on any atom is -0.490 e. The van der Waals surface area contributed by atoms with Gasteiger partial charge in [0.25, 0.3) is 0 Å². The van der Waals surface area contributed by atoms with Crippen LogP contribution in [0.1, 0.15) is 12.6 Å².